The van der Waals surface area contributed by atoms with E-state index in [1.807, 2.05) is 0 Å². The highest BCUT2D eigenvalue weighted by Gasteiger charge is 2.24. The van der Waals surface area contributed by atoms with Crippen molar-refractivity contribution in [2.24, 2.45) is 17.3 Å². The summed E-state index contributed by atoms with van der Waals surface area (Å²) in [6.07, 6.45) is 8.02. The first-order valence-electron chi connectivity index (χ1n) is 8.51. The molecule has 0 heteroatoms. The average Bonchev–Trinajstić information content (AvgIpc) is 2.41. The second-order valence-corrected chi connectivity index (χ2v) is 7.39. The minimum atomic E-state index is 0.459. The van der Waals surface area contributed by atoms with Gasteiger partial charge in [0.2, 0.25) is 0 Å². The van der Waals surface area contributed by atoms with E-state index < -0.39 is 0 Å². The van der Waals surface area contributed by atoms with E-state index in [1.165, 1.54) is 44.1 Å². The van der Waals surface area contributed by atoms with Crippen molar-refractivity contribution in [3.63, 3.8) is 0 Å². The van der Waals surface area contributed by atoms with Gasteiger partial charge in [-0.2, -0.15) is 0 Å². The van der Waals surface area contributed by atoms with Gasteiger partial charge in [-0.05, 0) is 42.1 Å². The maximum absolute atomic E-state index is 2.41. The molecule has 0 radical (unpaired) electrons. The molecule has 0 aliphatic rings. The maximum atomic E-state index is 2.41. The SMILES string of the molecule is CCCC(CCC(CC)Cc1ccccc1)C(C)(C)C. The molecule has 0 heterocycles. The molecule has 114 valence electrons. The van der Waals surface area contributed by atoms with Crippen LogP contribution in [0.4, 0.5) is 0 Å². The first kappa shape index (κ1) is 17.3. The van der Waals surface area contributed by atoms with Crippen molar-refractivity contribution in [2.75, 3.05) is 0 Å². The van der Waals surface area contributed by atoms with Gasteiger partial charge in [0.15, 0.2) is 0 Å². The van der Waals surface area contributed by atoms with Gasteiger partial charge in [-0.25, -0.2) is 0 Å². The Bertz CT molecular complexity index is 344. The first-order chi connectivity index (χ1) is 9.47. The zero-order valence-corrected chi connectivity index (χ0v) is 14.3. The Morgan fingerprint density at radius 2 is 1.55 bits per heavy atom. The topological polar surface area (TPSA) is 0 Å². The predicted molar refractivity (Wildman–Crippen MR) is 91.0 cm³/mol. The molecule has 1 rings (SSSR count). The van der Waals surface area contributed by atoms with Crippen LogP contribution in [0.1, 0.15) is 72.3 Å². The smallest absolute Gasteiger partial charge is 0.0250 e. The monoisotopic (exact) mass is 274 g/mol. The summed E-state index contributed by atoms with van der Waals surface area (Å²) in [6, 6.07) is 11.0. The van der Waals surface area contributed by atoms with Crippen LogP contribution in [0.15, 0.2) is 30.3 Å². The Kier molecular flexibility index (Phi) is 7.34. The molecule has 0 aromatic heterocycles. The van der Waals surface area contributed by atoms with E-state index in [9.17, 15) is 0 Å². The highest BCUT2D eigenvalue weighted by Crippen LogP contribution is 2.35. The van der Waals surface area contributed by atoms with Crippen LogP contribution in [0.2, 0.25) is 0 Å². The van der Waals surface area contributed by atoms with Gasteiger partial charge in [-0.1, -0.05) is 84.2 Å². The third-order valence-corrected chi connectivity index (χ3v) is 4.73. The molecule has 0 amide bonds. The summed E-state index contributed by atoms with van der Waals surface area (Å²) in [5, 5.41) is 0. The van der Waals surface area contributed by atoms with Crippen LogP contribution in [0.3, 0.4) is 0 Å². The maximum Gasteiger partial charge on any atom is -0.0250 e. The Labute approximate surface area is 127 Å². The van der Waals surface area contributed by atoms with Crippen LogP contribution in [0, 0.1) is 17.3 Å². The molecule has 0 saturated heterocycles. The molecule has 0 bridgehead atoms. The number of hydrogen-bond donors (Lipinski definition) is 0. The largest absolute Gasteiger partial charge is 0.0654 e. The zero-order valence-electron chi connectivity index (χ0n) is 14.3. The van der Waals surface area contributed by atoms with Crippen molar-refractivity contribution in [1.82, 2.24) is 0 Å². The van der Waals surface area contributed by atoms with Crippen molar-refractivity contribution in [2.45, 2.75) is 73.1 Å². The van der Waals surface area contributed by atoms with Gasteiger partial charge in [-0.15, -0.1) is 0 Å². The number of benzene rings is 1. The molecule has 0 nitrogen and oxygen atoms in total. The van der Waals surface area contributed by atoms with Crippen LogP contribution < -0.4 is 0 Å². The van der Waals surface area contributed by atoms with Crippen LogP contribution in [-0.2, 0) is 6.42 Å². The van der Waals surface area contributed by atoms with E-state index in [-0.39, 0.29) is 0 Å². The van der Waals surface area contributed by atoms with Gasteiger partial charge >= 0.3 is 0 Å². The quantitative estimate of drug-likeness (QED) is 0.507. The molecule has 0 spiro atoms. The molecule has 0 aliphatic carbocycles. The fourth-order valence-electron chi connectivity index (χ4n) is 3.19. The lowest BCUT2D eigenvalue weighted by Gasteiger charge is -2.32. The third-order valence-electron chi connectivity index (χ3n) is 4.73. The van der Waals surface area contributed by atoms with Gasteiger partial charge in [0, 0.05) is 0 Å². The van der Waals surface area contributed by atoms with Crippen molar-refractivity contribution in [3.8, 4) is 0 Å². The van der Waals surface area contributed by atoms with Crippen molar-refractivity contribution >= 4 is 0 Å². The van der Waals surface area contributed by atoms with E-state index in [0.29, 0.717) is 5.41 Å². The van der Waals surface area contributed by atoms with Crippen LogP contribution in [0.25, 0.3) is 0 Å². The highest BCUT2D eigenvalue weighted by atomic mass is 14.3. The molecular formula is C20H34. The lowest BCUT2D eigenvalue weighted by Crippen LogP contribution is -2.21. The molecule has 0 aliphatic heterocycles. The third kappa shape index (κ3) is 6.11. The van der Waals surface area contributed by atoms with E-state index >= 15 is 0 Å². The minimum Gasteiger partial charge on any atom is -0.0654 e. The van der Waals surface area contributed by atoms with Gasteiger partial charge < -0.3 is 0 Å². The number of rotatable bonds is 8. The van der Waals surface area contributed by atoms with Crippen LogP contribution in [0.5, 0.6) is 0 Å². The fraction of sp³-hybridized carbons (Fsp3) is 0.700. The summed E-state index contributed by atoms with van der Waals surface area (Å²) in [5.74, 6) is 1.72. The minimum absolute atomic E-state index is 0.459. The van der Waals surface area contributed by atoms with E-state index in [4.69, 9.17) is 0 Å². The summed E-state index contributed by atoms with van der Waals surface area (Å²) < 4.78 is 0. The summed E-state index contributed by atoms with van der Waals surface area (Å²) in [6.45, 7) is 11.9. The molecule has 0 saturated carbocycles. The summed E-state index contributed by atoms with van der Waals surface area (Å²) in [7, 11) is 0. The molecule has 2 atom stereocenters. The van der Waals surface area contributed by atoms with Crippen LogP contribution >= 0.6 is 0 Å². The summed E-state index contributed by atoms with van der Waals surface area (Å²) >= 11 is 0. The fourth-order valence-corrected chi connectivity index (χ4v) is 3.19. The lowest BCUT2D eigenvalue weighted by atomic mass is 9.74. The standard InChI is InChI=1S/C20H34/c1-6-11-19(20(3,4)5)15-14-17(7-2)16-18-12-9-8-10-13-18/h8-10,12-13,17,19H,6-7,11,14-16H2,1-5H3. The molecule has 0 N–H and O–H groups in total. The Hall–Kier alpha value is -0.780. The Morgan fingerprint density at radius 3 is 2.05 bits per heavy atom. The normalized spacial score (nSPS) is 15.1. The summed E-state index contributed by atoms with van der Waals surface area (Å²) in [5.41, 5.74) is 1.96. The van der Waals surface area contributed by atoms with Crippen molar-refractivity contribution in [3.05, 3.63) is 35.9 Å². The Balaban J connectivity index is 2.51. The second-order valence-electron chi connectivity index (χ2n) is 7.39. The lowest BCUT2D eigenvalue weighted by molar-refractivity contribution is 0.195. The van der Waals surface area contributed by atoms with Crippen molar-refractivity contribution < 1.29 is 0 Å². The van der Waals surface area contributed by atoms with Gasteiger partial charge in [0.05, 0.1) is 0 Å². The first-order valence-corrected chi connectivity index (χ1v) is 8.51. The van der Waals surface area contributed by atoms with E-state index in [1.54, 1.807) is 0 Å². The highest BCUT2D eigenvalue weighted by molar-refractivity contribution is 5.15. The number of hydrogen-bond acceptors (Lipinski definition) is 0. The van der Waals surface area contributed by atoms with Crippen molar-refractivity contribution in [1.29, 1.82) is 0 Å². The molecule has 20 heavy (non-hydrogen) atoms. The molecule has 0 fully saturated rings. The van der Waals surface area contributed by atoms with Crippen LogP contribution in [-0.4, -0.2) is 0 Å². The van der Waals surface area contributed by atoms with E-state index in [2.05, 4.69) is 65.0 Å². The predicted octanol–water partition coefficient (Wildman–Crippen LogP) is 6.50. The van der Waals surface area contributed by atoms with Gasteiger partial charge in [-0.3, -0.25) is 0 Å². The molecule has 1 aromatic carbocycles. The Morgan fingerprint density at radius 1 is 0.900 bits per heavy atom. The average molecular weight is 274 g/mol. The second kappa shape index (κ2) is 8.49. The molecule has 1 aromatic rings. The van der Waals surface area contributed by atoms with E-state index in [0.717, 1.165) is 11.8 Å². The zero-order chi connectivity index (χ0) is 15.0. The van der Waals surface area contributed by atoms with Gasteiger partial charge in [0.25, 0.3) is 0 Å². The van der Waals surface area contributed by atoms with Gasteiger partial charge in [0.1, 0.15) is 0 Å². The molecule has 2 unspecified atom stereocenters. The molecular weight excluding hydrogens is 240 g/mol. The summed E-state index contributed by atoms with van der Waals surface area (Å²) in [4.78, 5) is 0.